The first-order valence-electron chi connectivity index (χ1n) is 8.89. The van der Waals surface area contributed by atoms with Crippen LogP contribution < -0.4 is 5.32 Å². The summed E-state index contributed by atoms with van der Waals surface area (Å²) in [5.74, 6) is 1.13. The van der Waals surface area contributed by atoms with E-state index in [0.29, 0.717) is 6.04 Å². The maximum atomic E-state index is 4.94. The zero-order valence-corrected chi connectivity index (χ0v) is 14.4. The van der Waals surface area contributed by atoms with Gasteiger partial charge in [-0.25, -0.2) is 4.98 Å². The van der Waals surface area contributed by atoms with Crippen LogP contribution in [0.25, 0.3) is 16.9 Å². The Bertz CT molecular complexity index is 845. The molecule has 4 nitrogen and oxygen atoms in total. The van der Waals surface area contributed by atoms with Gasteiger partial charge in [0.15, 0.2) is 0 Å². The molecule has 1 aliphatic rings. The van der Waals surface area contributed by atoms with E-state index in [4.69, 9.17) is 4.98 Å². The van der Waals surface area contributed by atoms with Crippen LogP contribution in [0.15, 0.2) is 36.7 Å². The molecule has 24 heavy (non-hydrogen) atoms. The molecule has 0 amide bonds. The number of hydrogen-bond acceptors (Lipinski definition) is 3. The van der Waals surface area contributed by atoms with E-state index in [1.165, 1.54) is 43.4 Å². The largest absolute Gasteiger partial charge is 0.367 e. The minimum atomic E-state index is 0.542. The van der Waals surface area contributed by atoms with Crippen LogP contribution in [-0.4, -0.2) is 20.4 Å². The van der Waals surface area contributed by atoms with Crippen molar-refractivity contribution in [2.24, 2.45) is 0 Å². The predicted octanol–water partition coefficient (Wildman–Crippen LogP) is 4.76. The van der Waals surface area contributed by atoms with Crippen molar-refractivity contribution in [1.29, 1.82) is 0 Å². The van der Waals surface area contributed by atoms with Gasteiger partial charge >= 0.3 is 0 Å². The number of fused-ring (bicyclic) bond motifs is 1. The van der Waals surface area contributed by atoms with Crippen molar-refractivity contribution >= 4 is 11.5 Å². The Morgan fingerprint density at radius 2 is 1.79 bits per heavy atom. The molecule has 0 saturated heterocycles. The lowest BCUT2D eigenvalue weighted by Gasteiger charge is -2.24. The second-order valence-electron chi connectivity index (χ2n) is 6.89. The topological polar surface area (TPSA) is 42.2 Å². The lowest BCUT2D eigenvalue weighted by molar-refractivity contribution is 0.461. The highest BCUT2D eigenvalue weighted by Gasteiger charge is 2.20. The summed E-state index contributed by atoms with van der Waals surface area (Å²) >= 11 is 0. The molecule has 3 aromatic rings. The van der Waals surface area contributed by atoms with Crippen molar-refractivity contribution in [1.82, 2.24) is 14.4 Å². The number of anilines is 1. The molecule has 0 unspecified atom stereocenters. The van der Waals surface area contributed by atoms with Gasteiger partial charge in [-0.2, -0.15) is 0 Å². The van der Waals surface area contributed by atoms with Gasteiger partial charge < -0.3 is 5.32 Å². The third kappa shape index (κ3) is 2.77. The number of pyridine rings is 2. The molecule has 0 aliphatic heterocycles. The molecule has 1 saturated carbocycles. The fraction of sp³-hybridized carbons (Fsp3) is 0.400. The van der Waals surface area contributed by atoms with E-state index in [1.807, 2.05) is 24.5 Å². The summed E-state index contributed by atoms with van der Waals surface area (Å²) in [5, 5.41) is 3.81. The fourth-order valence-electron chi connectivity index (χ4n) is 3.82. The summed E-state index contributed by atoms with van der Waals surface area (Å²) in [7, 11) is 0. The van der Waals surface area contributed by atoms with Crippen molar-refractivity contribution in [3.8, 4) is 11.3 Å². The lowest BCUT2D eigenvalue weighted by atomic mass is 9.95. The number of aryl methyl sites for hydroxylation is 2. The second-order valence-corrected chi connectivity index (χ2v) is 6.89. The van der Waals surface area contributed by atoms with Gasteiger partial charge in [-0.15, -0.1) is 0 Å². The molecular formula is C20H24N4. The monoisotopic (exact) mass is 320 g/mol. The first kappa shape index (κ1) is 15.2. The number of nitrogens with zero attached hydrogens (tertiary/aromatic N) is 3. The number of hydrogen-bond donors (Lipinski definition) is 1. The summed E-state index contributed by atoms with van der Waals surface area (Å²) < 4.78 is 2.26. The molecule has 0 spiro atoms. The van der Waals surface area contributed by atoms with Crippen LogP contribution >= 0.6 is 0 Å². The molecule has 0 bridgehead atoms. The molecule has 0 radical (unpaired) electrons. The van der Waals surface area contributed by atoms with Gasteiger partial charge in [0.05, 0.1) is 0 Å². The first-order valence-corrected chi connectivity index (χ1v) is 8.89. The van der Waals surface area contributed by atoms with Gasteiger partial charge in [0.25, 0.3) is 0 Å². The Balaban J connectivity index is 1.86. The van der Waals surface area contributed by atoms with Crippen molar-refractivity contribution < 1.29 is 0 Å². The van der Waals surface area contributed by atoms with Gasteiger partial charge in [0.2, 0.25) is 0 Å². The van der Waals surface area contributed by atoms with Gasteiger partial charge in [-0.1, -0.05) is 19.3 Å². The Morgan fingerprint density at radius 3 is 2.54 bits per heavy atom. The lowest BCUT2D eigenvalue weighted by Crippen LogP contribution is -2.23. The number of imidazole rings is 1. The molecule has 3 aromatic heterocycles. The molecule has 4 heteroatoms. The summed E-state index contributed by atoms with van der Waals surface area (Å²) in [5.41, 5.74) is 5.62. The minimum absolute atomic E-state index is 0.542. The highest BCUT2D eigenvalue weighted by molar-refractivity contribution is 5.77. The molecule has 1 aliphatic carbocycles. The summed E-state index contributed by atoms with van der Waals surface area (Å²) in [4.78, 5) is 9.09. The van der Waals surface area contributed by atoms with Crippen LogP contribution in [-0.2, 0) is 0 Å². The molecule has 0 aromatic carbocycles. The maximum absolute atomic E-state index is 4.94. The molecule has 0 atom stereocenters. The Hall–Kier alpha value is -2.36. The van der Waals surface area contributed by atoms with E-state index < -0.39 is 0 Å². The third-order valence-corrected chi connectivity index (χ3v) is 4.95. The van der Waals surface area contributed by atoms with Crippen LogP contribution in [0.3, 0.4) is 0 Å². The van der Waals surface area contributed by atoms with Gasteiger partial charge in [-0.05, 0) is 56.5 Å². The van der Waals surface area contributed by atoms with Crippen LogP contribution in [0.2, 0.25) is 0 Å². The van der Waals surface area contributed by atoms with Gasteiger partial charge in [0, 0.05) is 29.7 Å². The predicted molar refractivity (Wildman–Crippen MR) is 98.4 cm³/mol. The van der Waals surface area contributed by atoms with Crippen LogP contribution in [0.4, 0.5) is 5.82 Å². The van der Waals surface area contributed by atoms with E-state index in [0.717, 1.165) is 22.7 Å². The zero-order chi connectivity index (χ0) is 16.5. The first-order chi connectivity index (χ1) is 11.7. The van der Waals surface area contributed by atoms with Gasteiger partial charge in [-0.3, -0.25) is 9.38 Å². The van der Waals surface area contributed by atoms with Crippen molar-refractivity contribution in [2.75, 3.05) is 5.32 Å². The second kappa shape index (κ2) is 6.27. The Labute approximate surface area is 143 Å². The average Bonchev–Trinajstić information content (AvgIpc) is 2.95. The number of rotatable bonds is 3. The maximum Gasteiger partial charge on any atom is 0.139 e. The molecule has 1 N–H and O–H groups in total. The summed E-state index contributed by atoms with van der Waals surface area (Å²) in [6, 6.07) is 8.99. The van der Waals surface area contributed by atoms with Crippen LogP contribution in [0.1, 0.15) is 43.4 Å². The molecule has 3 heterocycles. The van der Waals surface area contributed by atoms with Crippen molar-refractivity contribution in [2.45, 2.75) is 52.0 Å². The Morgan fingerprint density at radius 1 is 1.04 bits per heavy atom. The van der Waals surface area contributed by atoms with E-state index in [-0.39, 0.29) is 0 Å². The average molecular weight is 320 g/mol. The van der Waals surface area contributed by atoms with E-state index in [9.17, 15) is 0 Å². The van der Waals surface area contributed by atoms with E-state index in [2.05, 4.69) is 40.7 Å². The van der Waals surface area contributed by atoms with Crippen LogP contribution in [0.5, 0.6) is 0 Å². The third-order valence-electron chi connectivity index (χ3n) is 4.95. The number of aromatic nitrogens is 3. The van der Waals surface area contributed by atoms with E-state index in [1.54, 1.807) is 0 Å². The quantitative estimate of drug-likeness (QED) is 0.756. The normalized spacial score (nSPS) is 15.8. The molecule has 1 fully saturated rings. The SMILES string of the molecule is Cc1cc(C)n2c(NC3CCCCC3)c(-c3ccncc3)nc2c1. The smallest absolute Gasteiger partial charge is 0.139 e. The van der Waals surface area contributed by atoms with Crippen LogP contribution in [0, 0.1) is 13.8 Å². The van der Waals surface area contributed by atoms with Crippen molar-refractivity contribution in [3.63, 3.8) is 0 Å². The highest BCUT2D eigenvalue weighted by Crippen LogP contribution is 2.32. The summed E-state index contributed by atoms with van der Waals surface area (Å²) in [6.45, 7) is 4.28. The molecular weight excluding hydrogens is 296 g/mol. The number of nitrogens with one attached hydrogen (secondary N) is 1. The Kier molecular flexibility index (Phi) is 3.97. The minimum Gasteiger partial charge on any atom is -0.367 e. The van der Waals surface area contributed by atoms with E-state index >= 15 is 0 Å². The van der Waals surface area contributed by atoms with Crippen molar-refractivity contribution in [3.05, 3.63) is 47.9 Å². The standard InChI is InChI=1S/C20H24N4/c1-14-12-15(2)24-18(13-14)23-19(16-8-10-21-11-9-16)20(24)22-17-6-4-3-5-7-17/h8-13,17,22H,3-7H2,1-2H3. The van der Waals surface area contributed by atoms with Gasteiger partial charge in [0.1, 0.15) is 17.2 Å². The molecule has 4 rings (SSSR count). The fourth-order valence-corrected chi connectivity index (χ4v) is 3.82. The summed E-state index contributed by atoms with van der Waals surface area (Å²) in [6.07, 6.45) is 10.2. The molecule has 124 valence electrons. The highest BCUT2D eigenvalue weighted by atomic mass is 15.2. The zero-order valence-electron chi connectivity index (χ0n) is 14.4.